The molecule has 0 aliphatic rings. The molecule has 0 saturated carbocycles. The van der Waals surface area contributed by atoms with E-state index in [1.165, 1.54) is 42.0 Å². The number of aromatic amines is 1. The molecule has 1 aromatic carbocycles. The standard InChI is InChI=1S/C15H10ClN3O4S2/c16-9-1-3-10(4-2-9)25(22,23)11-5-14(24-7-11)12(20)6-13(21)15-17-8-18-19-15/h1-8,21H,(H,17,18,19). The molecule has 128 valence electrons. The lowest BCUT2D eigenvalue weighted by Crippen LogP contribution is -2.00. The van der Waals surface area contributed by atoms with Gasteiger partial charge >= 0.3 is 0 Å². The molecule has 0 fully saturated rings. The van der Waals surface area contributed by atoms with E-state index in [2.05, 4.69) is 15.2 Å². The van der Waals surface area contributed by atoms with Crippen molar-refractivity contribution in [1.29, 1.82) is 0 Å². The van der Waals surface area contributed by atoms with Crippen molar-refractivity contribution in [3.8, 4) is 0 Å². The highest BCUT2D eigenvalue weighted by Gasteiger charge is 2.21. The third-order valence-corrected chi connectivity index (χ3v) is 6.27. The highest BCUT2D eigenvalue weighted by Crippen LogP contribution is 2.27. The molecule has 2 heterocycles. The second-order valence-corrected chi connectivity index (χ2v) is 8.13. The van der Waals surface area contributed by atoms with Crippen molar-refractivity contribution < 1.29 is 18.3 Å². The van der Waals surface area contributed by atoms with Crippen molar-refractivity contribution in [3.05, 3.63) is 63.8 Å². The first-order chi connectivity index (χ1) is 11.9. The number of rotatable bonds is 5. The zero-order chi connectivity index (χ0) is 18.0. The van der Waals surface area contributed by atoms with Crippen LogP contribution in [-0.4, -0.2) is 34.5 Å². The maximum Gasteiger partial charge on any atom is 0.207 e. The number of aliphatic hydroxyl groups is 1. The summed E-state index contributed by atoms with van der Waals surface area (Å²) in [6, 6.07) is 7.01. The number of carbonyl (C=O) groups is 1. The summed E-state index contributed by atoms with van der Waals surface area (Å²) in [5.74, 6) is -0.895. The molecule has 0 spiro atoms. The molecule has 0 unspecified atom stereocenters. The second-order valence-electron chi connectivity index (χ2n) is 4.83. The third-order valence-electron chi connectivity index (χ3n) is 3.18. The number of benzene rings is 1. The second kappa shape index (κ2) is 6.79. The van der Waals surface area contributed by atoms with Crippen LogP contribution in [0.1, 0.15) is 15.5 Å². The van der Waals surface area contributed by atoms with Crippen LogP contribution < -0.4 is 0 Å². The Balaban J connectivity index is 1.88. The van der Waals surface area contributed by atoms with Gasteiger partial charge in [-0.3, -0.25) is 9.89 Å². The number of nitrogens with zero attached hydrogens (tertiary/aromatic N) is 2. The van der Waals surface area contributed by atoms with E-state index in [0.717, 1.165) is 17.4 Å². The van der Waals surface area contributed by atoms with Gasteiger partial charge in [-0.05, 0) is 30.3 Å². The number of sulfone groups is 1. The minimum Gasteiger partial charge on any atom is -0.504 e. The summed E-state index contributed by atoms with van der Waals surface area (Å²) in [4.78, 5) is 16.1. The first-order valence-corrected chi connectivity index (χ1v) is 9.52. The number of allylic oxidation sites excluding steroid dienone is 1. The Bertz CT molecular complexity index is 1040. The van der Waals surface area contributed by atoms with Crippen molar-refractivity contribution in [1.82, 2.24) is 15.2 Å². The van der Waals surface area contributed by atoms with Crippen molar-refractivity contribution >= 4 is 44.3 Å². The summed E-state index contributed by atoms with van der Waals surface area (Å²) < 4.78 is 25.1. The van der Waals surface area contributed by atoms with Crippen LogP contribution in [0.5, 0.6) is 0 Å². The lowest BCUT2D eigenvalue weighted by atomic mass is 10.3. The lowest BCUT2D eigenvalue weighted by Gasteiger charge is -2.01. The van der Waals surface area contributed by atoms with Gasteiger partial charge < -0.3 is 5.11 Å². The molecule has 0 radical (unpaired) electrons. The molecule has 2 aromatic heterocycles. The topological polar surface area (TPSA) is 113 Å². The molecule has 0 atom stereocenters. The summed E-state index contributed by atoms with van der Waals surface area (Å²) in [6.45, 7) is 0. The predicted octanol–water partition coefficient (Wildman–Crippen LogP) is 3.13. The van der Waals surface area contributed by atoms with E-state index in [1.807, 2.05) is 0 Å². The molecule has 2 N–H and O–H groups in total. The Labute approximate surface area is 151 Å². The number of thiophene rings is 1. The van der Waals surface area contributed by atoms with Gasteiger partial charge in [-0.2, -0.15) is 5.10 Å². The SMILES string of the molecule is O=C(C=C(O)c1ncn[nH]1)c1cc(S(=O)(=O)c2ccc(Cl)cc2)cs1. The zero-order valence-corrected chi connectivity index (χ0v) is 14.8. The van der Waals surface area contributed by atoms with Gasteiger partial charge in [0.2, 0.25) is 9.84 Å². The molecule has 0 aliphatic carbocycles. The number of halogens is 1. The lowest BCUT2D eigenvalue weighted by molar-refractivity contribution is 0.104. The molecule has 0 aliphatic heterocycles. The Morgan fingerprint density at radius 2 is 1.96 bits per heavy atom. The summed E-state index contributed by atoms with van der Waals surface area (Å²) in [5.41, 5.74) is 0. The summed E-state index contributed by atoms with van der Waals surface area (Å²) in [6.07, 6.45) is 2.14. The van der Waals surface area contributed by atoms with E-state index in [9.17, 15) is 18.3 Å². The Kier molecular flexibility index (Phi) is 4.71. The number of carbonyl (C=O) groups excluding carboxylic acids is 1. The molecular weight excluding hydrogens is 386 g/mol. The Hall–Kier alpha value is -2.49. The van der Waals surface area contributed by atoms with E-state index in [1.54, 1.807) is 0 Å². The number of ketones is 1. The number of nitrogens with one attached hydrogen (secondary N) is 1. The van der Waals surface area contributed by atoms with E-state index in [-0.39, 0.29) is 20.5 Å². The van der Waals surface area contributed by atoms with Gasteiger partial charge in [0, 0.05) is 16.5 Å². The number of aromatic nitrogens is 3. The molecule has 0 amide bonds. The van der Waals surface area contributed by atoms with Gasteiger partial charge in [0.15, 0.2) is 17.4 Å². The first-order valence-electron chi connectivity index (χ1n) is 6.78. The van der Waals surface area contributed by atoms with Gasteiger partial charge in [-0.1, -0.05) is 11.6 Å². The van der Waals surface area contributed by atoms with Gasteiger partial charge in [0.05, 0.1) is 14.7 Å². The normalized spacial score (nSPS) is 12.3. The smallest absolute Gasteiger partial charge is 0.207 e. The largest absolute Gasteiger partial charge is 0.504 e. The molecule has 0 bridgehead atoms. The molecule has 0 saturated heterocycles. The fraction of sp³-hybridized carbons (Fsp3) is 0. The number of aliphatic hydroxyl groups excluding tert-OH is 1. The van der Waals surface area contributed by atoms with E-state index in [0.29, 0.717) is 5.02 Å². The molecule has 7 nitrogen and oxygen atoms in total. The van der Waals surface area contributed by atoms with Crippen LogP contribution in [0.4, 0.5) is 0 Å². The van der Waals surface area contributed by atoms with Gasteiger partial charge in [-0.25, -0.2) is 13.4 Å². The fourth-order valence-corrected chi connectivity index (χ4v) is 4.50. The third kappa shape index (κ3) is 3.63. The van der Waals surface area contributed by atoms with E-state index >= 15 is 0 Å². The monoisotopic (exact) mass is 395 g/mol. The van der Waals surface area contributed by atoms with Gasteiger partial charge in [0.1, 0.15) is 6.33 Å². The highest BCUT2D eigenvalue weighted by molar-refractivity contribution is 7.91. The maximum atomic E-state index is 12.6. The number of hydrogen-bond donors (Lipinski definition) is 2. The first kappa shape index (κ1) is 17.3. The van der Waals surface area contributed by atoms with Crippen LogP contribution in [0.3, 0.4) is 0 Å². The predicted molar refractivity (Wildman–Crippen MR) is 92.5 cm³/mol. The average Bonchev–Trinajstić information content (AvgIpc) is 3.27. The van der Waals surface area contributed by atoms with Crippen LogP contribution in [0.15, 0.2) is 57.9 Å². The maximum absolute atomic E-state index is 12.6. The molecule has 3 rings (SSSR count). The number of hydrogen-bond acceptors (Lipinski definition) is 7. The van der Waals surface area contributed by atoms with Crippen LogP contribution in [0, 0.1) is 0 Å². The molecule has 25 heavy (non-hydrogen) atoms. The summed E-state index contributed by atoms with van der Waals surface area (Å²) in [7, 11) is -3.75. The van der Waals surface area contributed by atoms with Gasteiger partial charge in [-0.15, -0.1) is 11.3 Å². The van der Waals surface area contributed by atoms with Crippen LogP contribution >= 0.6 is 22.9 Å². The van der Waals surface area contributed by atoms with Crippen molar-refractivity contribution in [3.63, 3.8) is 0 Å². The summed E-state index contributed by atoms with van der Waals surface area (Å²) >= 11 is 6.73. The number of H-pyrrole nitrogens is 1. The average molecular weight is 396 g/mol. The van der Waals surface area contributed by atoms with Crippen LogP contribution in [0.2, 0.25) is 5.02 Å². The van der Waals surface area contributed by atoms with E-state index in [4.69, 9.17) is 11.6 Å². The van der Waals surface area contributed by atoms with E-state index < -0.39 is 21.4 Å². The quantitative estimate of drug-likeness (QED) is 0.390. The zero-order valence-electron chi connectivity index (χ0n) is 12.4. The van der Waals surface area contributed by atoms with Crippen molar-refractivity contribution in [2.75, 3.05) is 0 Å². The molecule has 10 heteroatoms. The Morgan fingerprint density at radius 3 is 2.60 bits per heavy atom. The van der Waals surface area contributed by atoms with Crippen molar-refractivity contribution in [2.24, 2.45) is 0 Å². The summed E-state index contributed by atoms with van der Waals surface area (Å²) in [5, 5.41) is 17.6. The highest BCUT2D eigenvalue weighted by atomic mass is 35.5. The van der Waals surface area contributed by atoms with Crippen LogP contribution in [-0.2, 0) is 9.84 Å². The fourth-order valence-electron chi connectivity index (χ4n) is 1.93. The Morgan fingerprint density at radius 1 is 1.24 bits per heavy atom. The minimum atomic E-state index is -3.75. The molecular formula is C15H10ClN3O4S2. The van der Waals surface area contributed by atoms with Crippen LogP contribution in [0.25, 0.3) is 5.76 Å². The molecule has 3 aromatic rings. The minimum absolute atomic E-state index is 0.00396. The van der Waals surface area contributed by atoms with Crippen molar-refractivity contribution in [2.45, 2.75) is 9.79 Å². The van der Waals surface area contributed by atoms with Gasteiger partial charge in [0.25, 0.3) is 0 Å².